The first-order valence-electron chi connectivity index (χ1n) is 6.68. The minimum atomic E-state index is -0.219. The van der Waals surface area contributed by atoms with Crippen molar-refractivity contribution in [2.45, 2.75) is 44.4 Å². The molecular formula is C15H19Cl2F. The van der Waals surface area contributed by atoms with Crippen molar-refractivity contribution in [3.05, 3.63) is 34.6 Å². The summed E-state index contributed by atoms with van der Waals surface area (Å²) in [7, 11) is 0. The third kappa shape index (κ3) is 3.39. The molecule has 0 radical (unpaired) electrons. The molecule has 1 aromatic rings. The summed E-state index contributed by atoms with van der Waals surface area (Å²) in [6, 6.07) is 4.58. The fraction of sp³-hybridized carbons (Fsp3) is 0.600. The van der Waals surface area contributed by atoms with Gasteiger partial charge in [0.05, 0.1) is 0 Å². The number of hydrogen-bond donors (Lipinski definition) is 0. The first kappa shape index (κ1) is 14.1. The summed E-state index contributed by atoms with van der Waals surface area (Å²) < 4.78 is 13.2. The summed E-state index contributed by atoms with van der Waals surface area (Å²) in [5, 5.41) is 0.853. The van der Waals surface area contributed by atoms with Crippen LogP contribution in [0.4, 0.5) is 4.39 Å². The molecule has 3 atom stereocenters. The lowest BCUT2D eigenvalue weighted by molar-refractivity contribution is 0.264. The fourth-order valence-corrected chi connectivity index (χ4v) is 3.40. The van der Waals surface area contributed by atoms with Crippen LogP contribution in [0, 0.1) is 17.7 Å². The highest BCUT2D eigenvalue weighted by atomic mass is 35.5. The van der Waals surface area contributed by atoms with Gasteiger partial charge < -0.3 is 0 Å². The van der Waals surface area contributed by atoms with Crippen molar-refractivity contribution < 1.29 is 4.39 Å². The van der Waals surface area contributed by atoms with Crippen LogP contribution in [0.2, 0.25) is 5.02 Å². The summed E-state index contributed by atoms with van der Waals surface area (Å²) in [6.45, 7) is 2.23. The molecule has 0 N–H and O–H groups in total. The van der Waals surface area contributed by atoms with Gasteiger partial charge in [0.15, 0.2) is 0 Å². The lowest BCUT2D eigenvalue weighted by Gasteiger charge is -2.32. The highest BCUT2D eigenvalue weighted by molar-refractivity contribution is 6.31. The van der Waals surface area contributed by atoms with Crippen LogP contribution in [0.15, 0.2) is 18.2 Å². The van der Waals surface area contributed by atoms with Crippen molar-refractivity contribution >= 4 is 23.2 Å². The Kier molecular flexibility index (Phi) is 4.91. The van der Waals surface area contributed by atoms with E-state index in [1.54, 1.807) is 12.1 Å². The molecule has 0 aliphatic heterocycles. The number of hydrogen-bond acceptors (Lipinski definition) is 0. The molecule has 1 saturated carbocycles. The van der Waals surface area contributed by atoms with Gasteiger partial charge in [-0.05, 0) is 61.3 Å². The zero-order chi connectivity index (χ0) is 13.1. The molecule has 0 amide bonds. The Labute approximate surface area is 118 Å². The van der Waals surface area contributed by atoms with Crippen LogP contribution < -0.4 is 0 Å². The van der Waals surface area contributed by atoms with Crippen molar-refractivity contribution in [2.75, 3.05) is 0 Å². The second-order valence-corrected chi connectivity index (χ2v) is 6.27. The van der Waals surface area contributed by atoms with E-state index in [1.165, 1.54) is 18.9 Å². The van der Waals surface area contributed by atoms with Crippen LogP contribution in [0.3, 0.4) is 0 Å². The molecule has 0 heterocycles. The largest absolute Gasteiger partial charge is 0.207 e. The first-order chi connectivity index (χ1) is 8.60. The van der Waals surface area contributed by atoms with Crippen LogP contribution >= 0.6 is 23.2 Å². The average Bonchev–Trinajstić information content (AvgIpc) is 2.36. The van der Waals surface area contributed by atoms with Gasteiger partial charge in [0.1, 0.15) is 5.82 Å². The molecule has 2 rings (SSSR count). The quantitative estimate of drug-likeness (QED) is 0.648. The summed E-state index contributed by atoms with van der Waals surface area (Å²) in [5.41, 5.74) is 0.893. The van der Waals surface area contributed by atoms with Crippen LogP contribution in [-0.4, -0.2) is 5.38 Å². The highest BCUT2D eigenvalue weighted by Crippen LogP contribution is 2.37. The van der Waals surface area contributed by atoms with E-state index in [1.807, 2.05) is 0 Å². The van der Waals surface area contributed by atoms with Gasteiger partial charge in [-0.1, -0.05) is 24.9 Å². The molecule has 3 heteroatoms. The summed E-state index contributed by atoms with van der Waals surface area (Å²) in [5.74, 6) is 0.963. The average molecular weight is 289 g/mol. The van der Waals surface area contributed by atoms with Crippen LogP contribution in [0.1, 0.15) is 38.2 Å². The first-order valence-corrected chi connectivity index (χ1v) is 7.49. The van der Waals surface area contributed by atoms with Gasteiger partial charge in [0.2, 0.25) is 0 Å². The minimum absolute atomic E-state index is 0.201. The minimum Gasteiger partial charge on any atom is -0.207 e. The van der Waals surface area contributed by atoms with Crippen molar-refractivity contribution in [2.24, 2.45) is 11.8 Å². The third-order valence-corrected chi connectivity index (χ3v) is 5.01. The van der Waals surface area contributed by atoms with Crippen molar-refractivity contribution in [3.63, 3.8) is 0 Å². The lowest BCUT2D eigenvalue weighted by atomic mass is 9.77. The lowest BCUT2D eigenvalue weighted by Crippen LogP contribution is -2.27. The molecule has 0 bridgehead atoms. The fourth-order valence-electron chi connectivity index (χ4n) is 2.89. The normalized spacial score (nSPS) is 28.3. The van der Waals surface area contributed by atoms with E-state index in [4.69, 9.17) is 23.2 Å². The molecule has 1 aliphatic rings. The van der Waals surface area contributed by atoms with Gasteiger partial charge in [0, 0.05) is 10.4 Å². The van der Waals surface area contributed by atoms with Gasteiger partial charge in [-0.15, -0.1) is 11.6 Å². The monoisotopic (exact) mass is 288 g/mol. The molecule has 3 unspecified atom stereocenters. The van der Waals surface area contributed by atoms with Crippen molar-refractivity contribution in [1.29, 1.82) is 0 Å². The maximum absolute atomic E-state index is 13.2. The molecule has 0 nitrogen and oxygen atoms in total. The molecule has 18 heavy (non-hydrogen) atoms. The van der Waals surface area contributed by atoms with E-state index in [0.29, 0.717) is 10.9 Å². The molecule has 1 fully saturated rings. The third-order valence-electron chi connectivity index (χ3n) is 4.07. The molecule has 1 aliphatic carbocycles. The Morgan fingerprint density at radius 3 is 2.83 bits per heavy atom. The Balaban J connectivity index is 2.09. The molecule has 0 saturated heterocycles. The number of alkyl halides is 1. The van der Waals surface area contributed by atoms with Gasteiger partial charge in [0.25, 0.3) is 0 Å². The molecular weight excluding hydrogens is 270 g/mol. The summed E-state index contributed by atoms with van der Waals surface area (Å²) >= 11 is 12.5. The van der Waals surface area contributed by atoms with E-state index >= 15 is 0 Å². The SMILES string of the molecule is CCC1CCC(Cl)C(Cc2cc(F)ccc2Cl)C1. The number of rotatable bonds is 3. The molecule has 0 spiro atoms. The molecule has 1 aromatic carbocycles. The predicted octanol–water partition coefficient (Wildman–Crippen LogP) is 5.46. The van der Waals surface area contributed by atoms with Gasteiger partial charge in [-0.3, -0.25) is 0 Å². The second-order valence-electron chi connectivity index (χ2n) is 5.30. The van der Waals surface area contributed by atoms with Gasteiger partial charge in [-0.25, -0.2) is 4.39 Å². The van der Waals surface area contributed by atoms with E-state index in [-0.39, 0.29) is 11.2 Å². The highest BCUT2D eigenvalue weighted by Gasteiger charge is 2.28. The Hall–Kier alpha value is -0.270. The van der Waals surface area contributed by atoms with E-state index in [9.17, 15) is 4.39 Å². The second kappa shape index (κ2) is 6.25. The van der Waals surface area contributed by atoms with E-state index in [2.05, 4.69) is 6.92 Å². The Morgan fingerprint density at radius 1 is 1.33 bits per heavy atom. The van der Waals surface area contributed by atoms with E-state index < -0.39 is 0 Å². The Morgan fingerprint density at radius 2 is 2.11 bits per heavy atom. The van der Waals surface area contributed by atoms with Crippen LogP contribution in [0.25, 0.3) is 0 Å². The summed E-state index contributed by atoms with van der Waals surface area (Å²) in [4.78, 5) is 0. The zero-order valence-electron chi connectivity index (χ0n) is 10.6. The van der Waals surface area contributed by atoms with Crippen LogP contribution in [0.5, 0.6) is 0 Å². The van der Waals surface area contributed by atoms with Gasteiger partial charge in [-0.2, -0.15) is 0 Å². The molecule has 0 aromatic heterocycles. The maximum atomic E-state index is 13.2. The van der Waals surface area contributed by atoms with Crippen molar-refractivity contribution in [3.8, 4) is 0 Å². The standard InChI is InChI=1S/C15H19Cl2F/c1-2-10-3-5-14(16)11(7-10)8-12-9-13(18)4-6-15(12)17/h4,6,9-11,14H,2-3,5,7-8H2,1H3. The smallest absolute Gasteiger partial charge is 0.123 e. The number of benzene rings is 1. The predicted molar refractivity (Wildman–Crippen MR) is 75.9 cm³/mol. The Bertz CT molecular complexity index is 405. The topological polar surface area (TPSA) is 0 Å². The number of halogens is 3. The van der Waals surface area contributed by atoms with Crippen LogP contribution in [-0.2, 0) is 6.42 Å². The molecule has 100 valence electrons. The van der Waals surface area contributed by atoms with Crippen molar-refractivity contribution in [1.82, 2.24) is 0 Å². The summed E-state index contributed by atoms with van der Waals surface area (Å²) in [6.07, 6.45) is 5.42. The maximum Gasteiger partial charge on any atom is 0.123 e. The zero-order valence-corrected chi connectivity index (χ0v) is 12.1. The van der Waals surface area contributed by atoms with Gasteiger partial charge >= 0.3 is 0 Å². The van der Waals surface area contributed by atoms with E-state index in [0.717, 1.165) is 30.7 Å².